The van der Waals surface area contributed by atoms with Gasteiger partial charge in [0, 0.05) is 24.8 Å². The molecule has 2 heteroatoms. The summed E-state index contributed by atoms with van der Waals surface area (Å²) in [6.07, 6.45) is 5.50. The predicted octanol–water partition coefficient (Wildman–Crippen LogP) is 2.87. The fourth-order valence-corrected chi connectivity index (χ4v) is 2.75. The van der Waals surface area contributed by atoms with Crippen LogP contribution in [0.1, 0.15) is 43.4 Å². The molecule has 1 aromatic rings. The van der Waals surface area contributed by atoms with Crippen LogP contribution in [0.4, 0.5) is 5.69 Å². The Kier molecular flexibility index (Phi) is 2.83. The van der Waals surface area contributed by atoms with E-state index in [0.29, 0.717) is 0 Å². The van der Waals surface area contributed by atoms with Crippen molar-refractivity contribution >= 4 is 5.69 Å². The number of nitrogens with two attached hydrogens (primary N) is 1. The highest BCUT2D eigenvalue weighted by Crippen LogP contribution is 2.35. The van der Waals surface area contributed by atoms with E-state index in [1.54, 1.807) is 0 Å². The topological polar surface area (TPSA) is 29.3 Å². The first kappa shape index (κ1) is 11.1. The lowest BCUT2D eigenvalue weighted by Crippen LogP contribution is -2.22. The van der Waals surface area contributed by atoms with Gasteiger partial charge in [0.1, 0.15) is 0 Å². The van der Waals surface area contributed by atoms with Gasteiger partial charge >= 0.3 is 0 Å². The molecule has 3 rings (SSSR count). The second kappa shape index (κ2) is 4.34. The van der Waals surface area contributed by atoms with Gasteiger partial charge in [-0.3, -0.25) is 0 Å². The van der Waals surface area contributed by atoms with Crippen molar-refractivity contribution in [3.8, 4) is 0 Å². The molecule has 0 bridgehead atoms. The summed E-state index contributed by atoms with van der Waals surface area (Å²) in [5, 5.41) is 0. The highest BCUT2D eigenvalue weighted by Gasteiger charge is 2.24. The molecule has 0 saturated heterocycles. The Balaban J connectivity index is 1.72. The quantitative estimate of drug-likeness (QED) is 0.861. The highest BCUT2D eigenvalue weighted by atomic mass is 15.1. The van der Waals surface area contributed by atoms with Crippen LogP contribution in [-0.2, 0) is 6.42 Å². The van der Waals surface area contributed by atoms with E-state index in [4.69, 9.17) is 5.73 Å². The predicted molar refractivity (Wildman–Crippen MR) is 72.3 cm³/mol. The molecule has 1 aromatic carbocycles. The maximum atomic E-state index is 5.94. The van der Waals surface area contributed by atoms with Gasteiger partial charge in [-0.2, -0.15) is 0 Å². The molecule has 0 radical (unpaired) electrons. The lowest BCUT2D eigenvalue weighted by molar-refractivity contribution is 0.691. The van der Waals surface area contributed by atoms with E-state index in [1.807, 2.05) is 0 Å². The van der Waals surface area contributed by atoms with Crippen LogP contribution in [0.2, 0.25) is 0 Å². The van der Waals surface area contributed by atoms with Gasteiger partial charge in [-0.1, -0.05) is 25.0 Å². The fraction of sp³-hybridized carbons (Fsp3) is 0.600. The number of hydrogen-bond acceptors (Lipinski definition) is 2. The number of hydrogen-bond donors (Lipinski definition) is 1. The molecule has 1 saturated carbocycles. The number of fused-ring (bicyclic) bond motifs is 1. The molecule has 17 heavy (non-hydrogen) atoms. The molecule has 0 aromatic heterocycles. The third-order valence-corrected chi connectivity index (χ3v) is 4.13. The third-order valence-electron chi connectivity index (χ3n) is 4.13. The monoisotopic (exact) mass is 230 g/mol. The zero-order valence-corrected chi connectivity index (χ0v) is 10.7. The van der Waals surface area contributed by atoms with Gasteiger partial charge in [0.25, 0.3) is 0 Å². The Bertz CT molecular complexity index is 407. The number of anilines is 1. The summed E-state index contributed by atoms with van der Waals surface area (Å²) in [6.45, 7) is 4.50. The fourth-order valence-electron chi connectivity index (χ4n) is 2.75. The van der Waals surface area contributed by atoms with E-state index in [9.17, 15) is 0 Å². The van der Waals surface area contributed by atoms with Crippen molar-refractivity contribution in [2.45, 2.75) is 38.6 Å². The largest absolute Gasteiger partial charge is 0.371 e. The van der Waals surface area contributed by atoms with Crippen LogP contribution in [0, 0.1) is 5.92 Å². The van der Waals surface area contributed by atoms with Crippen LogP contribution in [-0.4, -0.2) is 13.1 Å². The van der Waals surface area contributed by atoms with Gasteiger partial charge < -0.3 is 10.6 Å². The number of benzene rings is 1. The van der Waals surface area contributed by atoms with Crippen LogP contribution in [0.3, 0.4) is 0 Å². The minimum absolute atomic E-state index is 0.154. The second-order valence-electron chi connectivity index (χ2n) is 5.65. The molecule has 1 heterocycles. The molecule has 1 aliphatic heterocycles. The van der Waals surface area contributed by atoms with Gasteiger partial charge in [-0.25, -0.2) is 0 Å². The smallest absolute Gasteiger partial charge is 0.0399 e. The molecule has 2 aliphatic rings. The van der Waals surface area contributed by atoms with Crippen molar-refractivity contribution in [3.63, 3.8) is 0 Å². The SMILES string of the molecule is CC(N)c1ccc2c(c1)CCN2CCC1CC1. The van der Waals surface area contributed by atoms with Crippen LogP contribution >= 0.6 is 0 Å². The molecule has 92 valence electrons. The molecule has 2 N–H and O–H groups in total. The summed E-state index contributed by atoms with van der Waals surface area (Å²) in [4.78, 5) is 2.55. The molecule has 2 nitrogen and oxygen atoms in total. The van der Waals surface area contributed by atoms with Gasteiger partial charge in [0.15, 0.2) is 0 Å². The van der Waals surface area contributed by atoms with Crippen molar-refractivity contribution in [2.24, 2.45) is 11.7 Å². The van der Waals surface area contributed by atoms with E-state index < -0.39 is 0 Å². The molecule has 0 amide bonds. The Morgan fingerprint density at radius 2 is 2.24 bits per heavy atom. The first-order valence-electron chi connectivity index (χ1n) is 6.87. The Morgan fingerprint density at radius 3 is 2.94 bits per heavy atom. The maximum Gasteiger partial charge on any atom is 0.0399 e. The van der Waals surface area contributed by atoms with E-state index in [1.165, 1.54) is 55.6 Å². The first-order chi connectivity index (χ1) is 8.24. The Hall–Kier alpha value is -1.02. The standard InChI is InChI=1S/C15H22N2/c1-11(16)13-4-5-15-14(10-13)7-9-17(15)8-6-12-2-3-12/h4-5,10-12H,2-3,6-9,16H2,1H3. The maximum absolute atomic E-state index is 5.94. The Morgan fingerprint density at radius 1 is 1.41 bits per heavy atom. The molecule has 1 aliphatic carbocycles. The van der Waals surface area contributed by atoms with Gasteiger partial charge in [-0.05, 0) is 42.9 Å². The van der Waals surface area contributed by atoms with Crippen LogP contribution < -0.4 is 10.6 Å². The lowest BCUT2D eigenvalue weighted by Gasteiger charge is -2.19. The molecular formula is C15H22N2. The van der Waals surface area contributed by atoms with Crippen LogP contribution in [0.15, 0.2) is 18.2 Å². The first-order valence-corrected chi connectivity index (χ1v) is 6.87. The Labute approximate surface area is 104 Å². The second-order valence-corrected chi connectivity index (χ2v) is 5.65. The minimum Gasteiger partial charge on any atom is -0.371 e. The average molecular weight is 230 g/mol. The zero-order valence-electron chi connectivity index (χ0n) is 10.7. The van der Waals surface area contributed by atoms with Crippen molar-refractivity contribution in [3.05, 3.63) is 29.3 Å². The van der Waals surface area contributed by atoms with Crippen molar-refractivity contribution in [2.75, 3.05) is 18.0 Å². The van der Waals surface area contributed by atoms with Crippen molar-refractivity contribution in [1.82, 2.24) is 0 Å². The van der Waals surface area contributed by atoms with E-state index in [-0.39, 0.29) is 6.04 Å². The molecular weight excluding hydrogens is 208 g/mol. The number of rotatable bonds is 4. The summed E-state index contributed by atoms with van der Waals surface area (Å²) in [5.41, 5.74) is 10.2. The number of nitrogens with zero attached hydrogens (tertiary/aromatic N) is 1. The molecule has 1 unspecified atom stereocenters. The van der Waals surface area contributed by atoms with E-state index in [2.05, 4.69) is 30.0 Å². The molecule has 1 atom stereocenters. The summed E-state index contributed by atoms with van der Waals surface area (Å²) in [7, 11) is 0. The average Bonchev–Trinajstić information content (AvgIpc) is 3.06. The van der Waals surface area contributed by atoms with Crippen molar-refractivity contribution in [1.29, 1.82) is 0 Å². The summed E-state index contributed by atoms with van der Waals surface area (Å²) in [5.74, 6) is 1.03. The zero-order chi connectivity index (χ0) is 11.8. The third kappa shape index (κ3) is 2.32. The lowest BCUT2D eigenvalue weighted by atomic mass is 10.0. The van der Waals surface area contributed by atoms with Crippen LogP contribution in [0.5, 0.6) is 0 Å². The molecule has 0 spiro atoms. The normalized spacial score (nSPS) is 20.5. The summed E-state index contributed by atoms with van der Waals surface area (Å²) in [6, 6.07) is 6.92. The van der Waals surface area contributed by atoms with E-state index >= 15 is 0 Å². The van der Waals surface area contributed by atoms with Gasteiger partial charge in [0.05, 0.1) is 0 Å². The van der Waals surface area contributed by atoms with Gasteiger partial charge in [-0.15, -0.1) is 0 Å². The van der Waals surface area contributed by atoms with Crippen LogP contribution in [0.25, 0.3) is 0 Å². The van der Waals surface area contributed by atoms with Crippen molar-refractivity contribution < 1.29 is 0 Å². The highest BCUT2D eigenvalue weighted by molar-refractivity contribution is 5.59. The summed E-state index contributed by atoms with van der Waals surface area (Å²) < 4.78 is 0. The van der Waals surface area contributed by atoms with Gasteiger partial charge in [0.2, 0.25) is 0 Å². The van der Waals surface area contributed by atoms with E-state index in [0.717, 1.165) is 5.92 Å². The minimum atomic E-state index is 0.154. The molecule has 1 fully saturated rings. The summed E-state index contributed by atoms with van der Waals surface area (Å²) >= 11 is 0.